The monoisotopic (exact) mass is 301 g/mol. The summed E-state index contributed by atoms with van der Waals surface area (Å²) in [6.45, 7) is 3.05. The van der Waals surface area contributed by atoms with E-state index in [1.54, 1.807) is 18.3 Å². The van der Waals surface area contributed by atoms with Crippen molar-refractivity contribution in [3.8, 4) is 0 Å². The number of rotatable bonds is 7. The number of hydrogen-bond acceptors (Lipinski definition) is 3. The number of carbonyl (C=O) groups excluding carboxylic acids is 1. The third kappa shape index (κ3) is 4.84. The zero-order chi connectivity index (χ0) is 15.8. The largest absolute Gasteiger partial charge is 0.370 e. The van der Waals surface area contributed by atoms with Crippen LogP contribution in [0.4, 0.5) is 15.9 Å². The molecular weight excluding hydrogens is 281 g/mol. The number of nitrogens with zero attached hydrogens (tertiary/aromatic N) is 1. The Morgan fingerprint density at radius 2 is 2.09 bits per heavy atom. The molecule has 0 saturated heterocycles. The molecule has 0 aliphatic heterocycles. The molecule has 2 N–H and O–H groups in total. The Balaban J connectivity index is 1.89. The van der Waals surface area contributed by atoms with E-state index in [1.807, 2.05) is 6.07 Å². The highest BCUT2D eigenvalue weighted by Gasteiger charge is 2.07. The summed E-state index contributed by atoms with van der Waals surface area (Å²) in [6.07, 6.45) is 5.06. The minimum absolute atomic E-state index is 0.279. The number of anilines is 2. The Labute approximate surface area is 129 Å². The molecule has 0 aliphatic carbocycles. The maximum atomic E-state index is 13.1. The number of aromatic nitrogens is 1. The van der Waals surface area contributed by atoms with Crippen molar-refractivity contribution in [3.63, 3.8) is 0 Å². The second kappa shape index (κ2) is 8.12. The topological polar surface area (TPSA) is 54.0 Å². The van der Waals surface area contributed by atoms with Gasteiger partial charge in [0.15, 0.2) is 0 Å². The maximum absolute atomic E-state index is 13.1. The average molecular weight is 301 g/mol. The molecule has 0 atom stereocenters. The fourth-order valence-electron chi connectivity index (χ4n) is 2.00. The number of halogens is 1. The molecule has 1 amide bonds. The standard InChI is InChI=1S/C17H20FN3O/c1-2-3-4-10-19-16-9-8-15(12-20-16)21-17(22)13-6-5-7-14(18)11-13/h5-9,11-12H,2-4,10H2,1H3,(H,19,20)(H,21,22). The fourth-order valence-corrected chi connectivity index (χ4v) is 2.00. The summed E-state index contributed by atoms with van der Waals surface area (Å²) in [7, 11) is 0. The number of hydrogen-bond donors (Lipinski definition) is 2. The van der Waals surface area contributed by atoms with Crippen molar-refractivity contribution in [2.75, 3.05) is 17.2 Å². The van der Waals surface area contributed by atoms with Crippen LogP contribution in [0.3, 0.4) is 0 Å². The van der Waals surface area contributed by atoms with E-state index in [1.165, 1.54) is 31.0 Å². The van der Waals surface area contributed by atoms with E-state index in [4.69, 9.17) is 0 Å². The predicted molar refractivity (Wildman–Crippen MR) is 86.6 cm³/mol. The highest BCUT2D eigenvalue weighted by atomic mass is 19.1. The van der Waals surface area contributed by atoms with Gasteiger partial charge in [0.1, 0.15) is 11.6 Å². The van der Waals surface area contributed by atoms with Crippen LogP contribution in [0.15, 0.2) is 42.6 Å². The summed E-state index contributed by atoms with van der Waals surface area (Å²) < 4.78 is 13.1. The number of nitrogens with one attached hydrogen (secondary N) is 2. The molecule has 4 nitrogen and oxygen atoms in total. The van der Waals surface area contributed by atoms with Crippen molar-refractivity contribution in [2.24, 2.45) is 0 Å². The molecule has 1 heterocycles. The third-order valence-corrected chi connectivity index (χ3v) is 3.19. The number of unbranched alkanes of at least 4 members (excludes halogenated alkanes) is 2. The van der Waals surface area contributed by atoms with Gasteiger partial charge >= 0.3 is 0 Å². The highest BCUT2D eigenvalue weighted by molar-refractivity contribution is 6.04. The first kappa shape index (κ1) is 15.9. The van der Waals surface area contributed by atoms with Crippen molar-refractivity contribution in [1.29, 1.82) is 0 Å². The van der Waals surface area contributed by atoms with Crippen molar-refractivity contribution < 1.29 is 9.18 Å². The lowest BCUT2D eigenvalue weighted by atomic mass is 10.2. The van der Waals surface area contributed by atoms with Gasteiger partial charge in [0, 0.05) is 12.1 Å². The molecule has 2 aromatic rings. The SMILES string of the molecule is CCCCCNc1ccc(NC(=O)c2cccc(F)c2)cn1. The average Bonchev–Trinajstić information content (AvgIpc) is 2.53. The minimum Gasteiger partial charge on any atom is -0.370 e. The zero-order valence-electron chi connectivity index (χ0n) is 12.6. The Bertz CT molecular complexity index is 614. The van der Waals surface area contributed by atoms with E-state index in [0.29, 0.717) is 5.69 Å². The van der Waals surface area contributed by atoms with Crippen LogP contribution in [0.2, 0.25) is 0 Å². The first-order chi connectivity index (χ1) is 10.7. The summed E-state index contributed by atoms with van der Waals surface area (Å²) in [5.74, 6) is -0.0118. The highest BCUT2D eigenvalue weighted by Crippen LogP contribution is 2.12. The Kier molecular flexibility index (Phi) is 5.89. The number of benzene rings is 1. The van der Waals surface area contributed by atoms with Crippen molar-refractivity contribution in [2.45, 2.75) is 26.2 Å². The van der Waals surface area contributed by atoms with E-state index in [-0.39, 0.29) is 11.5 Å². The zero-order valence-corrected chi connectivity index (χ0v) is 12.6. The van der Waals surface area contributed by atoms with Gasteiger partial charge in [0.2, 0.25) is 0 Å². The quantitative estimate of drug-likeness (QED) is 0.758. The van der Waals surface area contributed by atoms with Gasteiger partial charge in [0.25, 0.3) is 5.91 Å². The van der Waals surface area contributed by atoms with Crippen molar-refractivity contribution >= 4 is 17.4 Å². The van der Waals surface area contributed by atoms with Crippen LogP contribution < -0.4 is 10.6 Å². The molecule has 0 unspecified atom stereocenters. The maximum Gasteiger partial charge on any atom is 0.255 e. The smallest absolute Gasteiger partial charge is 0.255 e. The molecule has 0 radical (unpaired) electrons. The number of carbonyl (C=O) groups is 1. The molecule has 116 valence electrons. The predicted octanol–water partition coefficient (Wildman–Crippen LogP) is 4.08. The van der Waals surface area contributed by atoms with E-state index in [0.717, 1.165) is 18.8 Å². The molecule has 22 heavy (non-hydrogen) atoms. The fraction of sp³-hybridized carbons (Fsp3) is 0.294. The van der Waals surface area contributed by atoms with E-state index < -0.39 is 5.82 Å². The van der Waals surface area contributed by atoms with E-state index in [2.05, 4.69) is 22.5 Å². The number of pyridine rings is 1. The lowest BCUT2D eigenvalue weighted by Crippen LogP contribution is -2.12. The molecule has 0 saturated carbocycles. The summed E-state index contributed by atoms with van der Waals surface area (Å²) in [4.78, 5) is 16.2. The Morgan fingerprint density at radius 1 is 1.23 bits per heavy atom. The van der Waals surface area contributed by atoms with E-state index in [9.17, 15) is 9.18 Å². The lowest BCUT2D eigenvalue weighted by molar-refractivity contribution is 0.102. The van der Waals surface area contributed by atoms with Gasteiger partial charge in [0.05, 0.1) is 11.9 Å². The Morgan fingerprint density at radius 3 is 2.77 bits per heavy atom. The van der Waals surface area contributed by atoms with Gasteiger partial charge in [-0.25, -0.2) is 9.37 Å². The van der Waals surface area contributed by atoms with Gasteiger partial charge in [-0.1, -0.05) is 25.8 Å². The van der Waals surface area contributed by atoms with Crippen molar-refractivity contribution in [3.05, 3.63) is 54.0 Å². The molecule has 1 aromatic carbocycles. The molecule has 1 aromatic heterocycles. The van der Waals surface area contributed by atoms with Crippen LogP contribution >= 0.6 is 0 Å². The van der Waals surface area contributed by atoms with Gasteiger partial charge in [-0.3, -0.25) is 4.79 Å². The number of amides is 1. The molecule has 5 heteroatoms. The van der Waals surface area contributed by atoms with Crippen LogP contribution in [0.1, 0.15) is 36.5 Å². The summed E-state index contributed by atoms with van der Waals surface area (Å²) in [6, 6.07) is 9.16. The minimum atomic E-state index is -0.433. The first-order valence-corrected chi connectivity index (χ1v) is 7.46. The van der Waals surface area contributed by atoms with Crippen LogP contribution in [-0.2, 0) is 0 Å². The second-order valence-electron chi connectivity index (χ2n) is 5.03. The van der Waals surface area contributed by atoms with Crippen LogP contribution in [0, 0.1) is 5.82 Å². The summed E-state index contributed by atoms with van der Waals surface area (Å²) in [5, 5.41) is 5.92. The molecular formula is C17H20FN3O. The second-order valence-corrected chi connectivity index (χ2v) is 5.03. The molecule has 0 fully saturated rings. The van der Waals surface area contributed by atoms with Crippen LogP contribution in [0.5, 0.6) is 0 Å². The molecule has 0 aliphatic rings. The molecule has 0 spiro atoms. The van der Waals surface area contributed by atoms with Gasteiger partial charge in [-0.15, -0.1) is 0 Å². The summed E-state index contributed by atoms with van der Waals surface area (Å²) >= 11 is 0. The van der Waals surface area contributed by atoms with Gasteiger partial charge < -0.3 is 10.6 Å². The molecule has 2 rings (SSSR count). The van der Waals surface area contributed by atoms with Crippen molar-refractivity contribution in [1.82, 2.24) is 4.98 Å². The lowest BCUT2D eigenvalue weighted by Gasteiger charge is -2.08. The third-order valence-electron chi connectivity index (χ3n) is 3.19. The van der Waals surface area contributed by atoms with Gasteiger partial charge in [-0.05, 0) is 36.8 Å². The normalized spacial score (nSPS) is 10.3. The van der Waals surface area contributed by atoms with Crippen LogP contribution in [0.25, 0.3) is 0 Å². The summed E-state index contributed by atoms with van der Waals surface area (Å²) in [5.41, 5.74) is 0.857. The first-order valence-electron chi connectivity index (χ1n) is 7.46. The molecule has 0 bridgehead atoms. The van der Waals surface area contributed by atoms with Gasteiger partial charge in [-0.2, -0.15) is 0 Å². The van der Waals surface area contributed by atoms with E-state index >= 15 is 0 Å². The Hall–Kier alpha value is -2.43. The van der Waals surface area contributed by atoms with Crippen LogP contribution in [-0.4, -0.2) is 17.4 Å².